The number of carboxylic acid groups (broad SMARTS) is 1. The molecule has 5 nitrogen and oxygen atoms in total. The van der Waals surface area contributed by atoms with E-state index in [2.05, 4.69) is 22.1 Å². The Bertz CT molecular complexity index is 503. The van der Waals surface area contributed by atoms with Gasteiger partial charge in [-0.05, 0) is 38.8 Å². The number of hydrogen-bond donors (Lipinski definition) is 2. The Hall–Kier alpha value is -1.14. The van der Waals surface area contributed by atoms with E-state index in [1.54, 1.807) is 11.3 Å². The van der Waals surface area contributed by atoms with Gasteiger partial charge in [-0.3, -0.25) is 9.69 Å². The summed E-state index contributed by atoms with van der Waals surface area (Å²) in [7, 11) is 0. The second-order valence-corrected chi connectivity index (χ2v) is 6.65. The molecule has 0 saturated carbocycles. The summed E-state index contributed by atoms with van der Waals surface area (Å²) in [6, 6.07) is 0.592. The fraction of sp³-hybridized carbons (Fsp3) is 0.714. The van der Waals surface area contributed by atoms with Crippen LogP contribution in [-0.4, -0.2) is 46.6 Å². The highest BCUT2D eigenvalue weighted by atomic mass is 32.1. The summed E-state index contributed by atoms with van der Waals surface area (Å²) in [5.74, 6) is -1.14. The molecular formula is C14H21N3O2S. The molecule has 0 bridgehead atoms. The minimum atomic E-state index is -0.742. The van der Waals surface area contributed by atoms with E-state index in [9.17, 15) is 9.90 Å². The minimum absolute atomic E-state index is 0.393. The summed E-state index contributed by atoms with van der Waals surface area (Å²) >= 11 is 1.63. The third-order valence-corrected chi connectivity index (χ3v) is 5.50. The maximum absolute atomic E-state index is 11.2. The molecule has 0 amide bonds. The number of fused-ring (bicyclic) bond motifs is 1. The zero-order chi connectivity index (χ0) is 14.1. The van der Waals surface area contributed by atoms with Crippen LogP contribution in [0, 0.1) is 0 Å². The van der Waals surface area contributed by atoms with Crippen LogP contribution in [0.25, 0.3) is 0 Å². The van der Waals surface area contributed by atoms with Crippen molar-refractivity contribution in [3.8, 4) is 0 Å². The number of nitrogens with zero attached hydrogens (tertiary/aromatic N) is 2. The number of aromatic nitrogens is 1. The number of thiazole rings is 1. The number of anilines is 1. The van der Waals surface area contributed by atoms with Gasteiger partial charge in [0.15, 0.2) is 5.13 Å². The first kappa shape index (κ1) is 13.8. The van der Waals surface area contributed by atoms with E-state index in [0.717, 1.165) is 35.2 Å². The molecule has 1 aromatic rings. The molecular weight excluding hydrogens is 274 g/mol. The van der Waals surface area contributed by atoms with Gasteiger partial charge < -0.3 is 10.4 Å². The number of rotatable bonds is 5. The molecule has 110 valence electrons. The van der Waals surface area contributed by atoms with Crippen molar-refractivity contribution in [2.45, 2.75) is 44.6 Å². The molecule has 20 heavy (non-hydrogen) atoms. The van der Waals surface area contributed by atoms with E-state index in [0.29, 0.717) is 12.5 Å². The molecule has 0 radical (unpaired) electrons. The molecule has 1 fully saturated rings. The van der Waals surface area contributed by atoms with Crippen LogP contribution in [0.15, 0.2) is 0 Å². The quantitative estimate of drug-likeness (QED) is 0.871. The van der Waals surface area contributed by atoms with Crippen molar-refractivity contribution < 1.29 is 9.90 Å². The van der Waals surface area contributed by atoms with E-state index >= 15 is 0 Å². The molecule has 0 spiro atoms. The average molecular weight is 295 g/mol. The van der Waals surface area contributed by atoms with E-state index in [-0.39, 0.29) is 0 Å². The number of likely N-dealkylation sites (N-methyl/N-ethyl adjacent to an activating group) is 1. The van der Waals surface area contributed by atoms with Crippen molar-refractivity contribution in [3.63, 3.8) is 0 Å². The lowest BCUT2D eigenvalue weighted by molar-refractivity contribution is -0.138. The molecule has 2 unspecified atom stereocenters. The second-order valence-electron chi connectivity index (χ2n) is 5.56. The average Bonchev–Trinajstić information content (AvgIpc) is 3.10. The van der Waals surface area contributed by atoms with E-state index in [1.807, 2.05) is 0 Å². The Kier molecular flexibility index (Phi) is 3.94. The molecule has 1 saturated heterocycles. The Morgan fingerprint density at radius 1 is 1.55 bits per heavy atom. The van der Waals surface area contributed by atoms with Crippen LogP contribution in [0.4, 0.5) is 5.13 Å². The maximum Gasteiger partial charge on any atom is 0.312 e. The zero-order valence-corrected chi connectivity index (χ0v) is 12.6. The zero-order valence-electron chi connectivity index (χ0n) is 11.8. The minimum Gasteiger partial charge on any atom is -0.481 e. The van der Waals surface area contributed by atoms with Crippen LogP contribution in [0.2, 0.25) is 0 Å². The SMILES string of the molecule is CCN1CCCC1CNc1nc2c(s1)CCC2C(=O)O. The summed E-state index contributed by atoms with van der Waals surface area (Å²) in [6.45, 7) is 5.41. The number of aliphatic carboxylic acids is 1. The molecule has 3 rings (SSSR count). The maximum atomic E-state index is 11.2. The van der Waals surface area contributed by atoms with Crippen molar-refractivity contribution >= 4 is 22.4 Å². The Balaban J connectivity index is 1.62. The third kappa shape index (κ3) is 2.54. The number of aryl methyl sites for hydroxylation is 1. The normalized spacial score (nSPS) is 25.9. The first-order chi connectivity index (χ1) is 9.69. The fourth-order valence-electron chi connectivity index (χ4n) is 3.29. The Labute approximate surface area is 123 Å². The molecule has 1 aromatic heterocycles. The summed E-state index contributed by atoms with van der Waals surface area (Å²) < 4.78 is 0. The van der Waals surface area contributed by atoms with Gasteiger partial charge in [0.05, 0.1) is 5.69 Å². The van der Waals surface area contributed by atoms with Gasteiger partial charge in [0.25, 0.3) is 0 Å². The summed E-state index contributed by atoms with van der Waals surface area (Å²) in [5.41, 5.74) is 0.795. The number of carboxylic acids is 1. The predicted molar refractivity (Wildman–Crippen MR) is 79.6 cm³/mol. The predicted octanol–water partition coefficient (Wildman–Crippen LogP) is 2.15. The van der Waals surface area contributed by atoms with Crippen LogP contribution in [0.3, 0.4) is 0 Å². The van der Waals surface area contributed by atoms with Crippen LogP contribution in [0.5, 0.6) is 0 Å². The van der Waals surface area contributed by atoms with Crippen molar-refractivity contribution in [2.24, 2.45) is 0 Å². The number of nitrogens with one attached hydrogen (secondary N) is 1. The standard InChI is InChI=1S/C14H21N3O2S/c1-2-17-7-3-4-9(17)8-15-14-16-12-10(13(18)19)5-6-11(12)20-14/h9-10H,2-8H2,1H3,(H,15,16)(H,18,19). The highest BCUT2D eigenvalue weighted by Crippen LogP contribution is 2.38. The van der Waals surface area contributed by atoms with Gasteiger partial charge in [-0.25, -0.2) is 4.98 Å². The van der Waals surface area contributed by atoms with Crippen LogP contribution in [0.1, 0.15) is 42.7 Å². The first-order valence-corrected chi connectivity index (χ1v) is 8.21. The highest BCUT2D eigenvalue weighted by Gasteiger charge is 2.32. The first-order valence-electron chi connectivity index (χ1n) is 7.39. The lowest BCUT2D eigenvalue weighted by Crippen LogP contribution is -2.34. The fourth-order valence-corrected chi connectivity index (χ4v) is 4.34. The van der Waals surface area contributed by atoms with Crippen molar-refractivity contribution in [1.82, 2.24) is 9.88 Å². The summed E-state index contributed by atoms with van der Waals surface area (Å²) in [5, 5.41) is 13.5. The second kappa shape index (κ2) is 5.69. The molecule has 0 aromatic carbocycles. The number of likely N-dealkylation sites (tertiary alicyclic amines) is 1. The molecule has 1 aliphatic carbocycles. The highest BCUT2D eigenvalue weighted by molar-refractivity contribution is 7.15. The Morgan fingerprint density at radius 2 is 2.40 bits per heavy atom. The topological polar surface area (TPSA) is 65.5 Å². The molecule has 1 aliphatic heterocycles. The lowest BCUT2D eigenvalue weighted by atomic mass is 10.1. The van der Waals surface area contributed by atoms with Crippen LogP contribution in [-0.2, 0) is 11.2 Å². The number of hydrogen-bond acceptors (Lipinski definition) is 5. The molecule has 2 atom stereocenters. The molecule has 6 heteroatoms. The molecule has 2 aliphatic rings. The summed E-state index contributed by atoms with van der Waals surface area (Å²) in [6.07, 6.45) is 4.07. The van der Waals surface area contributed by atoms with E-state index in [4.69, 9.17) is 0 Å². The van der Waals surface area contributed by atoms with Gasteiger partial charge in [-0.2, -0.15) is 0 Å². The van der Waals surface area contributed by atoms with E-state index in [1.165, 1.54) is 19.4 Å². The summed E-state index contributed by atoms with van der Waals surface area (Å²) in [4.78, 5) is 19.3. The van der Waals surface area contributed by atoms with Crippen LogP contribution < -0.4 is 5.32 Å². The van der Waals surface area contributed by atoms with Crippen molar-refractivity contribution in [3.05, 3.63) is 10.6 Å². The Morgan fingerprint density at radius 3 is 3.15 bits per heavy atom. The van der Waals surface area contributed by atoms with Gasteiger partial charge in [0.2, 0.25) is 0 Å². The smallest absolute Gasteiger partial charge is 0.312 e. The molecule has 2 heterocycles. The van der Waals surface area contributed by atoms with Gasteiger partial charge in [-0.1, -0.05) is 6.92 Å². The molecule has 2 N–H and O–H groups in total. The van der Waals surface area contributed by atoms with Gasteiger partial charge >= 0.3 is 5.97 Å². The monoisotopic (exact) mass is 295 g/mol. The third-order valence-electron chi connectivity index (χ3n) is 4.41. The van der Waals surface area contributed by atoms with Crippen LogP contribution >= 0.6 is 11.3 Å². The van der Waals surface area contributed by atoms with Crippen molar-refractivity contribution in [2.75, 3.05) is 25.0 Å². The lowest BCUT2D eigenvalue weighted by Gasteiger charge is -2.22. The van der Waals surface area contributed by atoms with Gasteiger partial charge in [0, 0.05) is 17.5 Å². The van der Waals surface area contributed by atoms with Gasteiger partial charge in [-0.15, -0.1) is 11.3 Å². The van der Waals surface area contributed by atoms with Gasteiger partial charge in [0.1, 0.15) is 5.92 Å². The van der Waals surface area contributed by atoms with Crippen molar-refractivity contribution in [1.29, 1.82) is 0 Å². The van der Waals surface area contributed by atoms with E-state index < -0.39 is 11.9 Å². The number of carbonyl (C=O) groups is 1. The largest absolute Gasteiger partial charge is 0.481 e.